The van der Waals surface area contributed by atoms with Crippen molar-refractivity contribution in [3.8, 4) is 5.75 Å². The summed E-state index contributed by atoms with van der Waals surface area (Å²) in [4.78, 5) is 11.8. The quantitative estimate of drug-likeness (QED) is 0.677. The summed E-state index contributed by atoms with van der Waals surface area (Å²) in [6.07, 6.45) is 0.802. The predicted octanol–water partition coefficient (Wildman–Crippen LogP) is 4.31. The van der Waals surface area contributed by atoms with Gasteiger partial charge in [-0.1, -0.05) is 41.9 Å². The van der Waals surface area contributed by atoms with Crippen LogP contribution >= 0.6 is 11.6 Å². The highest BCUT2D eigenvalue weighted by Gasteiger charge is 2.06. The fraction of sp³-hybridized carbons (Fsp3) is 0.350. The van der Waals surface area contributed by atoms with Gasteiger partial charge < -0.3 is 14.8 Å². The normalized spacial score (nSPS) is 11.8. The Morgan fingerprint density at radius 2 is 1.96 bits per heavy atom. The first-order chi connectivity index (χ1) is 12.1. The fourth-order valence-electron chi connectivity index (χ4n) is 2.29. The molecule has 0 aromatic heterocycles. The number of hydrogen-bond acceptors (Lipinski definition) is 3. The van der Waals surface area contributed by atoms with Gasteiger partial charge in [0.25, 0.3) is 5.91 Å². The lowest BCUT2D eigenvalue weighted by Crippen LogP contribution is -2.30. The van der Waals surface area contributed by atoms with Crippen molar-refractivity contribution in [2.75, 3.05) is 19.8 Å². The van der Waals surface area contributed by atoms with Gasteiger partial charge in [0.1, 0.15) is 5.75 Å². The van der Waals surface area contributed by atoms with Crippen molar-refractivity contribution in [3.05, 3.63) is 64.7 Å². The Labute approximate surface area is 154 Å². The molecule has 0 radical (unpaired) electrons. The van der Waals surface area contributed by atoms with E-state index < -0.39 is 0 Å². The van der Waals surface area contributed by atoms with Crippen LogP contribution in [-0.2, 0) is 9.53 Å². The first-order valence-corrected chi connectivity index (χ1v) is 8.76. The summed E-state index contributed by atoms with van der Waals surface area (Å²) in [5.41, 5.74) is 2.07. The number of amides is 1. The van der Waals surface area contributed by atoms with E-state index in [0.29, 0.717) is 23.9 Å². The maximum atomic E-state index is 11.8. The number of ether oxygens (including phenoxy) is 2. The average molecular weight is 362 g/mol. The fourth-order valence-corrected chi connectivity index (χ4v) is 2.40. The van der Waals surface area contributed by atoms with E-state index in [1.807, 2.05) is 50.2 Å². The summed E-state index contributed by atoms with van der Waals surface area (Å²) in [5.74, 6) is 0.487. The SMILES string of the molecule is Cc1cc(OCC(=O)NCCCOC(C)c2ccccc2)ccc1Cl. The maximum absolute atomic E-state index is 11.8. The van der Waals surface area contributed by atoms with E-state index in [9.17, 15) is 4.79 Å². The maximum Gasteiger partial charge on any atom is 0.257 e. The molecule has 0 aliphatic carbocycles. The highest BCUT2D eigenvalue weighted by atomic mass is 35.5. The van der Waals surface area contributed by atoms with Crippen molar-refractivity contribution in [1.29, 1.82) is 0 Å². The molecule has 1 atom stereocenters. The zero-order valence-electron chi connectivity index (χ0n) is 14.6. The van der Waals surface area contributed by atoms with Crippen LogP contribution in [0.25, 0.3) is 0 Å². The molecule has 134 valence electrons. The van der Waals surface area contributed by atoms with E-state index >= 15 is 0 Å². The van der Waals surface area contributed by atoms with E-state index in [-0.39, 0.29) is 18.6 Å². The zero-order chi connectivity index (χ0) is 18.1. The molecule has 0 aliphatic rings. The Bertz CT molecular complexity index is 676. The topological polar surface area (TPSA) is 47.6 Å². The van der Waals surface area contributed by atoms with E-state index in [0.717, 1.165) is 17.5 Å². The van der Waals surface area contributed by atoms with Gasteiger partial charge >= 0.3 is 0 Å². The van der Waals surface area contributed by atoms with Gasteiger partial charge in [-0.3, -0.25) is 4.79 Å². The molecule has 1 unspecified atom stereocenters. The lowest BCUT2D eigenvalue weighted by molar-refractivity contribution is -0.123. The van der Waals surface area contributed by atoms with Crippen LogP contribution in [0.1, 0.15) is 30.6 Å². The third kappa shape index (κ3) is 6.77. The van der Waals surface area contributed by atoms with Gasteiger partial charge in [0, 0.05) is 18.2 Å². The molecule has 2 aromatic rings. The molecular weight excluding hydrogens is 338 g/mol. The predicted molar refractivity (Wildman–Crippen MR) is 100 cm³/mol. The van der Waals surface area contributed by atoms with Crippen molar-refractivity contribution < 1.29 is 14.3 Å². The smallest absolute Gasteiger partial charge is 0.257 e. The number of benzene rings is 2. The highest BCUT2D eigenvalue weighted by Crippen LogP contribution is 2.20. The van der Waals surface area contributed by atoms with E-state index in [4.69, 9.17) is 21.1 Å². The summed E-state index contributed by atoms with van der Waals surface area (Å²) in [6.45, 7) is 5.06. The standard InChI is InChI=1S/C20H24ClNO3/c1-15-13-18(9-10-19(15)21)25-14-20(23)22-11-6-12-24-16(2)17-7-4-3-5-8-17/h3-5,7-10,13,16H,6,11-12,14H2,1-2H3,(H,22,23). The van der Waals surface area contributed by atoms with Gasteiger partial charge in [-0.25, -0.2) is 0 Å². The molecule has 0 bridgehead atoms. The Balaban J connectivity index is 1.58. The minimum Gasteiger partial charge on any atom is -0.484 e. The van der Waals surface area contributed by atoms with Crippen LogP contribution in [0.3, 0.4) is 0 Å². The van der Waals surface area contributed by atoms with Crippen molar-refractivity contribution >= 4 is 17.5 Å². The molecule has 2 rings (SSSR count). The van der Waals surface area contributed by atoms with E-state index in [1.54, 1.807) is 12.1 Å². The summed E-state index contributed by atoms with van der Waals surface area (Å²) in [7, 11) is 0. The van der Waals surface area contributed by atoms with Crippen molar-refractivity contribution in [1.82, 2.24) is 5.32 Å². The van der Waals surface area contributed by atoms with Crippen molar-refractivity contribution in [2.24, 2.45) is 0 Å². The molecule has 0 aliphatic heterocycles. The monoisotopic (exact) mass is 361 g/mol. The van der Waals surface area contributed by atoms with Crippen LogP contribution in [0.2, 0.25) is 5.02 Å². The zero-order valence-corrected chi connectivity index (χ0v) is 15.4. The summed E-state index contributed by atoms with van der Waals surface area (Å²) >= 11 is 5.96. The molecule has 1 amide bonds. The Hall–Kier alpha value is -2.04. The molecule has 0 saturated heterocycles. The Morgan fingerprint density at radius 1 is 1.20 bits per heavy atom. The van der Waals surface area contributed by atoms with Gasteiger partial charge in [-0.05, 0) is 49.6 Å². The lowest BCUT2D eigenvalue weighted by atomic mass is 10.1. The second-order valence-electron chi connectivity index (χ2n) is 5.83. The van der Waals surface area contributed by atoms with Gasteiger partial charge in [-0.2, -0.15) is 0 Å². The number of aryl methyl sites for hydroxylation is 1. The first-order valence-electron chi connectivity index (χ1n) is 8.38. The number of carbonyl (C=O) groups excluding carboxylic acids is 1. The van der Waals surface area contributed by atoms with Crippen LogP contribution in [-0.4, -0.2) is 25.7 Å². The summed E-state index contributed by atoms with van der Waals surface area (Å²) < 4.78 is 11.2. The number of carbonyl (C=O) groups is 1. The number of hydrogen-bond donors (Lipinski definition) is 1. The van der Waals surface area contributed by atoms with Gasteiger partial charge in [0.2, 0.25) is 0 Å². The van der Waals surface area contributed by atoms with Crippen LogP contribution in [0.15, 0.2) is 48.5 Å². The summed E-state index contributed by atoms with van der Waals surface area (Å²) in [6, 6.07) is 15.4. The minimum absolute atomic E-state index is 0.0116. The molecule has 0 heterocycles. The van der Waals surface area contributed by atoms with Crippen molar-refractivity contribution in [3.63, 3.8) is 0 Å². The summed E-state index contributed by atoms with van der Waals surface area (Å²) in [5, 5.41) is 3.50. The lowest BCUT2D eigenvalue weighted by Gasteiger charge is -2.13. The van der Waals surface area contributed by atoms with Gasteiger partial charge in [0.05, 0.1) is 6.10 Å². The van der Waals surface area contributed by atoms with Crippen LogP contribution in [0, 0.1) is 6.92 Å². The van der Waals surface area contributed by atoms with Crippen molar-refractivity contribution in [2.45, 2.75) is 26.4 Å². The third-order valence-electron chi connectivity index (χ3n) is 3.78. The molecule has 4 nitrogen and oxygen atoms in total. The molecule has 2 aromatic carbocycles. The molecule has 5 heteroatoms. The average Bonchev–Trinajstić information content (AvgIpc) is 2.63. The number of nitrogens with one attached hydrogen (secondary N) is 1. The highest BCUT2D eigenvalue weighted by molar-refractivity contribution is 6.31. The molecule has 1 N–H and O–H groups in total. The Morgan fingerprint density at radius 3 is 2.68 bits per heavy atom. The second-order valence-corrected chi connectivity index (χ2v) is 6.23. The van der Waals surface area contributed by atoms with Gasteiger partial charge in [0.15, 0.2) is 6.61 Å². The number of halogens is 1. The molecule has 0 saturated carbocycles. The molecule has 25 heavy (non-hydrogen) atoms. The van der Waals surface area contributed by atoms with Gasteiger partial charge in [-0.15, -0.1) is 0 Å². The molecular formula is C20H24ClNO3. The minimum atomic E-state index is -0.149. The molecule has 0 fully saturated rings. The first kappa shape index (κ1) is 19.3. The Kier molecular flexibility index (Phi) is 7.76. The van der Waals surface area contributed by atoms with E-state index in [2.05, 4.69) is 5.32 Å². The number of rotatable bonds is 9. The van der Waals surface area contributed by atoms with Crippen LogP contribution < -0.4 is 10.1 Å². The second kappa shape index (κ2) is 10.1. The largest absolute Gasteiger partial charge is 0.484 e. The molecule has 0 spiro atoms. The van der Waals surface area contributed by atoms with E-state index in [1.165, 1.54) is 0 Å². The third-order valence-corrected chi connectivity index (χ3v) is 4.20. The van der Waals surface area contributed by atoms with Crippen LogP contribution in [0.4, 0.5) is 0 Å². The van der Waals surface area contributed by atoms with Crippen LogP contribution in [0.5, 0.6) is 5.75 Å².